The summed E-state index contributed by atoms with van der Waals surface area (Å²) in [6.07, 6.45) is 7.63. The number of hydrogen-bond acceptors (Lipinski definition) is 7. The first-order valence-electron chi connectivity index (χ1n) is 9.27. The Morgan fingerprint density at radius 2 is 1.86 bits per heavy atom. The van der Waals surface area contributed by atoms with Gasteiger partial charge in [-0.15, -0.1) is 21.5 Å². The molecule has 8 heteroatoms. The van der Waals surface area contributed by atoms with Crippen molar-refractivity contribution in [3.8, 4) is 11.1 Å². The Kier molecular flexibility index (Phi) is 5.05. The van der Waals surface area contributed by atoms with Crippen LogP contribution in [0.1, 0.15) is 43.9 Å². The van der Waals surface area contributed by atoms with Crippen LogP contribution in [0.3, 0.4) is 0 Å². The van der Waals surface area contributed by atoms with Crippen molar-refractivity contribution >= 4 is 44.9 Å². The molecule has 3 heterocycles. The molecule has 0 N–H and O–H groups in total. The van der Waals surface area contributed by atoms with Gasteiger partial charge in [0.25, 0.3) is 5.22 Å². The first-order valence-corrected chi connectivity index (χ1v) is 11.3. The lowest BCUT2D eigenvalue weighted by atomic mass is 9.89. The number of nitrogens with zero attached hydrogens (tertiary/aromatic N) is 4. The highest BCUT2D eigenvalue weighted by Crippen LogP contribution is 2.40. The second-order valence-electron chi connectivity index (χ2n) is 6.86. The second kappa shape index (κ2) is 7.81. The molecule has 0 radical (unpaired) electrons. The van der Waals surface area contributed by atoms with Crippen molar-refractivity contribution in [1.29, 1.82) is 0 Å². The molecule has 0 unspecified atom stereocenters. The van der Waals surface area contributed by atoms with E-state index in [9.17, 15) is 0 Å². The molecule has 0 saturated heterocycles. The monoisotopic (exact) mass is 428 g/mol. The minimum atomic E-state index is 0.395. The fourth-order valence-electron chi connectivity index (χ4n) is 3.63. The summed E-state index contributed by atoms with van der Waals surface area (Å²) in [6, 6.07) is 7.81. The molecule has 0 spiro atoms. The molecule has 0 atom stereocenters. The van der Waals surface area contributed by atoms with Crippen LogP contribution in [0.2, 0.25) is 5.02 Å². The van der Waals surface area contributed by atoms with Crippen LogP contribution < -0.4 is 0 Å². The Bertz CT molecular complexity index is 1100. The molecule has 4 aromatic rings. The van der Waals surface area contributed by atoms with Gasteiger partial charge in [0, 0.05) is 21.9 Å². The Morgan fingerprint density at radius 1 is 1.04 bits per heavy atom. The molecule has 0 amide bonds. The summed E-state index contributed by atoms with van der Waals surface area (Å²) >= 11 is 9.05. The zero-order valence-electron chi connectivity index (χ0n) is 15.0. The summed E-state index contributed by atoms with van der Waals surface area (Å²) in [7, 11) is 0. The number of thiophene rings is 1. The van der Waals surface area contributed by atoms with Gasteiger partial charge >= 0.3 is 0 Å². The third kappa shape index (κ3) is 3.54. The molecular formula is C20H17ClN4OS2. The number of hydrogen-bond donors (Lipinski definition) is 0. The summed E-state index contributed by atoms with van der Waals surface area (Å²) in [4.78, 5) is 9.87. The molecule has 28 heavy (non-hydrogen) atoms. The Morgan fingerprint density at radius 3 is 2.68 bits per heavy atom. The van der Waals surface area contributed by atoms with Gasteiger partial charge < -0.3 is 4.42 Å². The van der Waals surface area contributed by atoms with E-state index in [4.69, 9.17) is 16.0 Å². The normalized spacial score (nSPS) is 15.3. The van der Waals surface area contributed by atoms with Gasteiger partial charge in [0.05, 0.1) is 5.39 Å². The SMILES string of the molecule is Clc1ccc(-c2csc3ncnc(Sc4nnc(C5CCCCC5)o4)c23)cc1. The predicted molar refractivity (Wildman–Crippen MR) is 112 cm³/mol. The van der Waals surface area contributed by atoms with E-state index >= 15 is 0 Å². The van der Waals surface area contributed by atoms with Gasteiger partial charge in [-0.25, -0.2) is 9.97 Å². The van der Waals surface area contributed by atoms with Gasteiger partial charge in [-0.2, -0.15) is 0 Å². The number of benzene rings is 1. The molecule has 1 aliphatic carbocycles. The van der Waals surface area contributed by atoms with E-state index in [2.05, 4.69) is 25.5 Å². The van der Waals surface area contributed by atoms with E-state index < -0.39 is 0 Å². The van der Waals surface area contributed by atoms with Crippen molar-refractivity contribution in [3.05, 3.63) is 46.9 Å². The molecular weight excluding hydrogens is 412 g/mol. The van der Waals surface area contributed by atoms with E-state index in [-0.39, 0.29) is 0 Å². The molecule has 142 valence electrons. The van der Waals surface area contributed by atoms with E-state index in [1.54, 1.807) is 17.7 Å². The van der Waals surface area contributed by atoms with E-state index in [1.807, 2.05) is 24.3 Å². The zero-order chi connectivity index (χ0) is 18.9. The van der Waals surface area contributed by atoms with Crippen molar-refractivity contribution < 1.29 is 4.42 Å². The van der Waals surface area contributed by atoms with Crippen LogP contribution in [0.15, 0.2) is 50.6 Å². The smallest absolute Gasteiger partial charge is 0.282 e. The Labute approximate surface area is 175 Å². The topological polar surface area (TPSA) is 64.7 Å². The summed E-state index contributed by atoms with van der Waals surface area (Å²) in [6.45, 7) is 0. The summed E-state index contributed by atoms with van der Waals surface area (Å²) in [5.41, 5.74) is 2.17. The van der Waals surface area contributed by atoms with E-state index in [0.29, 0.717) is 11.1 Å². The third-order valence-electron chi connectivity index (χ3n) is 5.05. The van der Waals surface area contributed by atoms with Crippen molar-refractivity contribution in [2.24, 2.45) is 0 Å². The predicted octanol–water partition coefficient (Wildman–Crippen LogP) is 6.59. The van der Waals surface area contributed by atoms with Crippen molar-refractivity contribution in [3.63, 3.8) is 0 Å². The fraction of sp³-hybridized carbons (Fsp3) is 0.300. The van der Waals surface area contributed by atoms with Crippen LogP contribution in [0.4, 0.5) is 0 Å². The van der Waals surface area contributed by atoms with Gasteiger partial charge in [0.15, 0.2) is 0 Å². The quantitative estimate of drug-likeness (QED) is 0.341. The number of halogens is 1. The van der Waals surface area contributed by atoms with Crippen molar-refractivity contribution in [2.45, 2.75) is 48.3 Å². The number of fused-ring (bicyclic) bond motifs is 1. The van der Waals surface area contributed by atoms with Gasteiger partial charge in [-0.1, -0.05) is 43.0 Å². The van der Waals surface area contributed by atoms with Crippen LogP contribution >= 0.6 is 34.7 Å². The number of rotatable bonds is 4. The van der Waals surface area contributed by atoms with Crippen LogP contribution in [0, 0.1) is 0 Å². The maximum absolute atomic E-state index is 6.04. The van der Waals surface area contributed by atoms with Crippen LogP contribution in [-0.4, -0.2) is 20.2 Å². The van der Waals surface area contributed by atoms with Crippen LogP contribution in [0.5, 0.6) is 0 Å². The second-order valence-corrected chi connectivity index (χ2v) is 9.09. The maximum atomic E-state index is 6.04. The molecule has 1 saturated carbocycles. The average molecular weight is 429 g/mol. The summed E-state index contributed by atoms with van der Waals surface area (Å²) < 4.78 is 5.98. The average Bonchev–Trinajstić information content (AvgIpc) is 3.37. The van der Waals surface area contributed by atoms with E-state index in [0.717, 1.165) is 50.1 Å². The summed E-state index contributed by atoms with van der Waals surface area (Å²) in [5.74, 6) is 1.16. The molecule has 5 rings (SSSR count). The van der Waals surface area contributed by atoms with Crippen LogP contribution in [0.25, 0.3) is 21.3 Å². The highest BCUT2D eigenvalue weighted by molar-refractivity contribution is 7.99. The minimum absolute atomic E-state index is 0.395. The lowest BCUT2D eigenvalue weighted by Gasteiger charge is -2.17. The van der Waals surface area contributed by atoms with Gasteiger partial charge in [-0.05, 0) is 42.3 Å². The van der Waals surface area contributed by atoms with Crippen molar-refractivity contribution in [2.75, 3.05) is 0 Å². The molecule has 5 nitrogen and oxygen atoms in total. The Hall–Kier alpha value is -1.96. The van der Waals surface area contributed by atoms with Crippen molar-refractivity contribution in [1.82, 2.24) is 20.2 Å². The molecule has 0 aliphatic heterocycles. The fourth-order valence-corrected chi connectivity index (χ4v) is 5.51. The minimum Gasteiger partial charge on any atom is -0.415 e. The zero-order valence-corrected chi connectivity index (χ0v) is 17.4. The third-order valence-corrected chi connectivity index (χ3v) is 7.03. The van der Waals surface area contributed by atoms with Crippen LogP contribution in [-0.2, 0) is 0 Å². The Balaban J connectivity index is 1.48. The largest absolute Gasteiger partial charge is 0.415 e. The first kappa shape index (κ1) is 18.1. The molecule has 1 fully saturated rings. The van der Waals surface area contributed by atoms with Gasteiger partial charge in [-0.3, -0.25) is 0 Å². The highest BCUT2D eigenvalue weighted by atomic mass is 35.5. The lowest BCUT2D eigenvalue weighted by Crippen LogP contribution is -2.04. The molecule has 1 aliphatic rings. The first-order chi connectivity index (χ1) is 13.8. The maximum Gasteiger partial charge on any atom is 0.282 e. The number of aromatic nitrogens is 4. The lowest BCUT2D eigenvalue weighted by molar-refractivity contribution is 0.334. The standard InChI is InChI=1S/C20H17ClN4OS2/c21-14-8-6-12(7-9-14)15-10-27-18-16(15)19(23-11-22-18)28-20-25-24-17(26-20)13-4-2-1-3-5-13/h6-11,13H,1-5H2. The molecule has 1 aromatic carbocycles. The van der Waals surface area contributed by atoms with Gasteiger partial charge in [0.2, 0.25) is 5.89 Å². The summed E-state index contributed by atoms with van der Waals surface area (Å²) in [5, 5.41) is 13.8. The highest BCUT2D eigenvalue weighted by Gasteiger charge is 2.22. The van der Waals surface area contributed by atoms with Gasteiger partial charge in [0.1, 0.15) is 16.2 Å². The van der Waals surface area contributed by atoms with E-state index in [1.165, 1.54) is 31.0 Å². The molecule has 0 bridgehead atoms. The molecule has 3 aromatic heterocycles.